The lowest BCUT2D eigenvalue weighted by Gasteiger charge is -2.59. The van der Waals surface area contributed by atoms with Gasteiger partial charge in [-0.05, 0) is 69.6 Å². The molecule has 0 spiro atoms. The molecule has 0 aliphatic heterocycles. The van der Waals surface area contributed by atoms with Crippen molar-refractivity contribution in [2.75, 3.05) is 0 Å². The van der Waals surface area contributed by atoms with Gasteiger partial charge in [-0.2, -0.15) is 0 Å². The lowest BCUT2D eigenvalue weighted by Crippen LogP contribution is -2.55. The number of fused-ring (bicyclic) bond motifs is 3. The predicted molar refractivity (Wildman–Crippen MR) is 116 cm³/mol. The van der Waals surface area contributed by atoms with Gasteiger partial charge >= 0.3 is 0 Å². The minimum Gasteiger partial charge on any atom is -0.510 e. The second-order valence-corrected chi connectivity index (χ2v) is 10.4. The average molecular weight is 407 g/mol. The van der Waals surface area contributed by atoms with E-state index in [0.717, 1.165) is 39.8 Å². The summed E-state index contributed by atoms with van der Waals surface area (Å²) in [6, 6.07) is 4.06. The quantitative estimate of drug-likeness (QED) is 0.654. The summed E-state index contributed by atoms with van der Waals surface area (Å²) in [6.07, 6.45) is 1.53. The van der Waals surface area contributed by atoms with E-state index < -0.39 is 22.0 Å². The molecule has 3 unspecified atom stereocenters. The number of hydrogen-bond acceptors (Lipinski definition) is 4. The van der Waals surface area contributed by atoms with Gasteiger partial charge in [0.05, 0.1) is 11.0 Å². The number of carbonyl (C=O) groups excluding carboxylic acids is 3. The summed E-state index contributed by atoms with van der Waals surface area (Å²) >= 11 is 0. The van der Waals surface area contributed by atoms with Gasteiger partial charge < -0.3 is 5.11 Å². The fourth-order valence-electron chi connectivity index (χ4n) is 6.70. The predicted octanol–water partition coefficient (Wildman–Crippen LogP) is 5.16. The van der Waals surface area contributed by atoms with Crippen molar-refractivity contribution in [3.05, 3.63) is 56.9 Å². The number of carbonyl (C=O) groups is 3. The Morgan fingerprint density at radius 2 is 1.60 bits per heavy atom. The smallest absolute Gasteiger partial charge is 0.190 e. The zero-order valence-electron chi connectivity index (χ0n) is 18.9. The van der Waals surface area contributed by atoms with E-state index in [1.54, 1.807) is 0 Å². The molecule has 0 aromatic heterocycles. The number of Topliss-reactive ketones (excluding diaryl/α,β-unsaturated/α-hetero) is 3. The van der Waals surface area contributed by atoms with Crippen LogP contribution < -0.4 is 0 Å². The normalized spacial score (nSPS) is 33.3. The van der Waals surface area contributed by atoms with Crippen LogP contribution in [0.4, 0.5) is 0 Å². The molecule has 1 N–H and O–H groups in total. The molecule has 4 heteroatoms. The van der Waals surface area contributed by atoms with Gasteiger partial charge in [0.1, 0.15) is 5.76 Å². The van der Waals surface area contributed by atoms with Gasteiger partial charge in [-0.15, -0.1) is 0 Å². The summed E-state index contributed by atoms with van der Waals surface area (Å²) in [5, 5.41) is 11.2. The van der Waals surface area contributed by atoms with E-state index in [9.17, 15) is 19.5 Å². The molecule has 1 aromatic rings. The molecule has 0 saturated carbocycles. The lowest BCUT2D eigenvalue weighted by atomic mass is 9.43. The number of ketones is 3. The highest BCUT2D eigenvalue weighted by Crippen LogP contribution is 2.67. The van der Waals surface area contributed by atoms with Crippen LogP contribution in [0.25, 0.3) is 0 Å². The van der Waals surface area contributed by atoms with Crippen LogP contribution >= 0.6 is 0 Å². The van der Waals surface area contributed by atoms with Gasteiger partial charge in [0.15, 0.2) is 17.3 Å². The molecule has 30 heavy (non-hydrogen) atoms. The van der Waals surface area contributed by atoms with Crippen LogP contribution in [0.3, 0.4) is 0 Å². The molecular weight excluding hydrogens is 376 g/mol. The number of aliphatic hydroxyl groups excluding tert-OH is 1. The zero-order chi connectivity index (χ0) is 22.4. The zero-order valence-corrected chi connectivity index (χ0v) is 18.9. The van der Waals surface area contributed by atoms with Gasteiger partial charge in [-0.25, -0.2) is 0 Å². The van der Waals surface area contributed by atoms with Crippen LogP contribution in [0.5, 0.6) is 0 Å². The average Bonchev–Trinajstić information content (AvgIpc) is 2.60. The monoisotopic (exact) mass is 406 g/mol. The van der Waals surface area contributed by atoms with Crippen molar-refractivity contribution >= 4 is 17.3 Å². The Morgan fingerprint density at radius 1 is 1.00 bits per heavy atom. The number of allylic oxidation sites excluding steroid dienone is 3. The van der Waals surface area contributed by atoms with Crippen molar-refractivity contribution in [1.29, 1.82) is 0 Å². The fraction of sp³-hybridized carbons (Fsp3) is 0.500. The van der Waals surface area contributed by atoms with E-state index in [2.05, 4.69) is 13.0 Å². The maximum Gasteiger partial charge on any atom is 0.190 e. The molecule has 0 heterocycles. The molecule has 3 atom stereocenters. The summed E-state index contributed by atoms with van der Waals surface area (Å²) in [7, 11) is 0. The van der Waals surface area contributed by atoms with E-state index in [-0.39, 0.29) is 29.3 Å². The third-order valence-electron chi connectivity index (χ3n) is 8.38. The van der Waals surface area contributed by atoms with Gasteiger partial charge in [0, 0.05) is 23.0 Å². The molecule has 3 aliphatic rings. The Labute approximate surface area is 178 Å². The Morgan fingerprint density at radius 3 is 2.20 bits per heavy atom. The van der Waals surface area contributed by atoms with Crippen LogP contribution in [0.2, 0.25) is 0 Å². The van der Waals surface area contributed by atoms with E-state index in [0.29, 0.717) is 6.42 Å². The van der Waals surface area contributed by atoms with Crippen molar-refractivity contribution in [2.24, 2.45) is 16.2 Å². The minimum atomic E-state index is -0.929. The van der Waals surface area contributed by atoms with Crippen molar-refractivity contribution in [3.8, 4) is 0 Å². The second kappa shape index (κ2) is 6.03. The molecule has 4 rings (SSSR count). The number of hydrogen-bond donors (Lipinski definition) is 1. The highest BCUT2D eigenvalue weighted by Gasteiger charge is 2.63. The summed E-state index contributed by atoms with van der Waals surface area (Å²) in [5.41, 5.74) is 3.45. The number of aryl methyl sites for hydroxylation is 2. The standard InChI is InChI=1S/C26H30O4/c1-13-8-9-14(2)19-17(13)10-24(5)12-25(6)11-18(28)20(16(4)27)23(30)26(25,7)15(3)21(24)22(19)29/h8-9,30H,10-12H2,1-7H3. The lowest BCUT2D eigenvalue weighted by molar-refractivity contribution is -0.127. The van der Waals surface area contributed by atoms with Gasteiger partial charge in [0.2, 0.25) is 0 Å². The van der Waals surface area contributed by atoms with E-state index in [1.807, 2.05) is 40.7 Å². The molecule has 4 nitrogen and oxygen atoms in total. The molecule has 3 aliphatic carbocycles. The summed E-state index contributed by atoms with van der Waals surface area (Å²) in [5.74, 6) is -0.858. The van der Waals surface area contributed by atoms with Gasteiger partial charge in [-0.1, -0.05) is 31.6 Å². The van der Waals surface area contributed by atoms with Crippen LogP contribution in [0.1, 0.15) is 74.5 Å². The molecule has 158 valence electrons. The first kappa shape index (κ1) is 20.8. The van der Waals surface area contributed by atoms with Crippen LogP contribution in [0, 0.1) is 30.1 Å². The maximum absolute atomic E-state index is 13.9. The number of aliphatic hydroxyl groups is 1. The Bertz CT molecular complexity index is 1120. The van der Waals surface area contributed by atoms with Crippen LogP contribution in [0.15, 0.2) is 34.6 Å². The van der Waals surface area contributed by atoms with Gasteiger partial charge in [0.25, 0.3) is 0 Å². The highest BCUT2D eigenvalue weighted by atomic mass is 16.3. The molecule has 1 aromatic carbocycles. The van der Waals surface area contributed by atoms with Crippen LogP contribution in [-0.2, 0) is 16.0 Å². The highest BCUT2D eigenvalue weighted by molar-refractivity contribution is 6.21. The Balaban J connectivity index is 2.07. The third-order valence-corrected chi connectivity index (χ3v) is 8.38. The topological polar surface area (TPSA) is 71.4 Å². The van der Waals surface area contributed by atoms with E-state index in [1.165, 1.54) is 6.92 Å². The first-order chi connectivity index (χ1) is 13.8. The molecule has 0 radical (unpaired) electrons. The van der Waals surface area contributed by atoms with Gasteiger partial charge in [-0.3, -0.25) is 14.4 Å². The van der Waals surface area contributed by atoms with Crippen molar-refractivity contribution in [1.82, 2.24) is 0 Å². The summed E-state index contributed by atoms with van der Waals surface area (Å²) in [6.45, 7) is 13.3. The van der Waals surface area contributed by atoms with Crippen molar-refractivity contribution in [3.63, 3.8) is 0 Å². The van der Waals surface area contributed by atoms with Crippen molar-refractivity contribution < 1.29 is 19.5 Å². The minimum absolute atomic E-state index is 0.0230. The number of rotatable bonds is 1. The maximum atomic E-state index is 13.9. The summed E-state index contributed by atoms with van der Waals surface area (Å²) in [4.78, 5) is 38.9. The number of benzene rings is 1. The molecule has 0 saturated heterocycles. The fourth-order valence-corrected chi connectivity index (χ4v) is 6.70. The van der Waals surface area contributed by atoms with E-state index >= 15 is 0 Å². The molecular formula is C26H30O4. The second-order valence-electron chi connectivity index (χ2n) is 10.4. The Kier molecular flexibility index (Phi) is 4.17. The third kappa shape index (κ3) is 2.31. The first-order valence-electron chi connectivity index (χ1n) is 10.6. The first-order valence-corrected chi connectivity index (χ1v) is 10.6. The van der Waals surface area contributed by atoms with Crippen LogP contribution in [-0.4, -0.2) is 22.5 Å². The largest absolute Gasteiger partial charge is 0.510 e. The van der Waals surface area contributed by atoms with E-state index in [4.69, 9.17) is 0 Å². The molecule has 0 fully saturated rings. The summed E-state index contributed by atoms with van der Waals surface area (Å²) < 4.78 is 0. The van der Waals surface area contributed by atoms with Crippen molar-refractivity contribution in [2.45, 2.75) is 67.7 Å². The SMILES string of the molecule is CC(=O)C1=C(O)C2(C)C(C)=C3C(=O)c4c(C)ccc(C)c4CC3(C)CC2(C)CC1=O. The molecule has 0 bridgehead atoms. The molecule has 0 amide bonds. The Hall–Kier alpha value is -2.49.